The Bertz CT molecular complexity index is 1170. The standard InChI is InChI=1S/C26H24ClFN2O2/c1-26(2,3)18-8-4-17(5-9-18)25(32)30-15-23(31)29-22-13-10-19(27)14-21(22)24(30)16-6-11-20(28)12-7-16/h4-14,24H,15H2,1-3H3,(H,29,31)/t24-/m1/s1. The maximum absolute atomic E-state index is 13.6. The summed E-state index contributed by atoms with van der Waals surface area (Å²) in [6.45, 7) is 6.17. The van der Waals surface area contributed by atoms with Crippen LogP contribution in [0.5, 0.6) is 0 Å². The molecule has 0 aromatic heterocycles. The second-order valence-corrected chi connectivity index (χ2v) is 9.43. The molecule has 4 nitrogen and oxygen atoms in total. The summed E-state index contributed by atoms with van der Waals surface area (Å²) in [5, 5.41) is 3.34. The summed E-state index contributed by atoms with van der Waals surface area (Å²) in [4.78, 5) is 27.8. The summed E-state index contributed by atoms with van der Waals surface area (Å²) >= 11 is 6.27. The Balaban J connectivity index is 1.83. The van der Waals surface area contributed by atoms with Gasteiger partial charge in [-0.1, -0.05) is 56.6 Å². The molecule has 0 fully saturated rings. The van der Waals surface area contributed by atoms with Crippen LogP contribution in [0.3, 0.4) is 0 Å². The molecular formula is C26H24ClFN2O2. The van der Waals surface area contributed by atoms with Crippen molar-refractivity contribution in [2.24, 2.45) is 0 Å². The molecule has 32 heavy (non-hydrogen) atoms. The molecule has 0 bridgehead atoms. The summed E-state index contributed by atoms with van der Waals surface area (Å²) in [5.74, 6) is -0.973. The number of rotatable bonds is 2. The van der Waals surface area contributed by atoms with E-state index in [1.54, 1.807) is 42.5 Å². The molecule has 0 radical (unpaired) electrons. The van der Waals surface area contributed by atoms with Crippen molar-refractivity contribution in [3.05, 3.63) is 99.8 Å². The highest BCUT2D eigenvalue weighted by Crippen LogP contribution is 2.38. The number of nitrogens with one attached hydrogen (secondary N) is 1. The van der Waals surface area contributed by atoms with E-state index in [0.29, 0.717) is 27.4 Å². The molecule has 0 spiro atoms. The summed E-state index contributed by atoms with van der Waals surface area (Å²) in [7, 11) is 0. The molecular weight excluding hydrogens is 427 g/mol. The molecule has 1 aliphatic heterocycles. The molecule has 1 N–H and O–H groups in total. The molecule has 1 aliphatic rings. The molecule has 1 atom stereocenters. The first-order chi connectivity index (χ1) is 15.1. The van der Waals surface area contributed by atoms with Crippen LogP contribution in [0.4, 0.5) is 10.1 Å². The van der Waals surface area contributed by atoms with Gasteiger partial charge in [0, 0.05) is 21.8 Å². The number of hydrogen-bond donors (Lipinski definition) is 1. The topological polar surface area (TPSA) is 49.4 Å². The number of fused-ring (bicyclic) bond motifs is 1. The number of anilines is 1. The molecule has 3 aromatic rings. The van der Waals surface area contributed by atoms with Crippen LogP contribution < -0.4 is 5.32 Å². The van der Waals surface area contributed by atoms with Crippen molar-refractivity contribution in [3.8, 4) is 0 Å². The van der Waals surface area contributed by atoms with Crippen molar-refractivity contribution < 1.29 is 14.0 Å². The minimum absolute atomic E-state index is 0.0452. The quantitative estimate of drug-likeness (QED) is 0.523. The molecule has 6 heteroatoms. The Morgan fingerprint density at radius 3 is 2.31 bits per heavy atom. The Morgan fingerprint density at radius 1 is 1.03 bits per heavy atom. The van der Waals surface area contributed by atoms with Gasteiger partial charge in [0.05, 0.1) is 6.04 Å². The van der Waals surface area contributed by atoms with Gasteiger partial charge in [0.1, 0.15) is 12.4 Å². The molecule has 3 aromatic carbocycles. The lowest BCUT2D eigenvalue weighted by Gasteiger charge is -2.31. The molecule has 4 rings (SSSR count). The summed E-state index contributed by atoms with van der Waals surface area (Å²) in [6, 6.07) is 17.9. The number of hydrogen-bond acceptors (Lipinski definition) is 2. The van der Waals surface area contributed by atoms with Gasteiger partial charge in [-0.2, -0.15) is 0 Å². The van der Waals surface area contributed by atoms with Gasteiger partial charge in [-0.15, -0.1) is 0 Å². The SMILES string of the molecule is CC(C)(C)c1ccc(C(=O)N2CC(=O)Nc3ccc(Cl)cc3[C@H]2c2ccc(F)cc2)cc1. The van der Waals surface area contributed by atoms with E-state index < -0.39 is 6.04 Å². The minimum Gasteiger partial charge on any atom is -0.324 e. The molecule has 0 saturated carbocycles. The zero-order valence-corrected chi connectivity index (χ0v) is 18.9. The Hall–Kier alpha value is -3.18. The average Bonchev–Trinajstić information content (AvgIpc) is 2.89. The molecule has 1 heterocycles. The van der Waals surface area contributed by atoms with E-state index in [9.17, 15) is 14.0 Å². The smallest absolute Gasteiger partial charge is 0.255 e. The number of amides is 2. The van der Waals surface area contributed by atoms with Gasteiger partial charge >= 0.3 is 0 Å². The van der Waals surface area contributed by atoms with Crippen molar-refractivity contribution in [1.82, 2.24) is 4.90 Å². The van der Waals surface area contributed by atoms with Crippen LogP contribution in [-0.4, -0.2) is 23.3 Å². The Labute approximate surface area is 192 Å². The monoisotopic (exact) mass is 450 g/mol. The number of carbonyl (C=O) groups excluding carboxylic acids is 2. The second-order valence-electron chi connectivity index (χ2n) is 8.99. The van der Waals surface area contributed by atoms with E-state index in [4.69, 9.17) is 11.6 Å². The van der Waals surface area contributed by atoms with Crippen LogP contribution in [0, 0.1) is 5.82 Å². The first-order valence-electron chi connectivity index (χ1n) is 10.4. The minimum atomic E-state index is -0.613. The van der Waals surface area contributed by atoms with Crippen LogP contribution in [0.15, 0.2) is 66.7 Å². The first-order valence-corrected chi connectivity index (χ1v) is 10.8. The maximum Gasteiger partial charge on any atom is 0.255 e. The normalized spacial score (nSPS) is 16.2. The Kier molecular flexibility index (Phi) is 5.78. The summed E-state index contributed by atoms with van der Waals surface area (Å²) in [6.07, 6.45) is 0. The fourth-order valence-corrected chi connectivity index (χ4v) is 4.13. The average molecular weight is 451 g/mol. The van der Waals surface area contributed by atoms with Gasteiger partial charge in [-0.05, 0) is 59.0 Å². The van der Waals surface area contributed by atoms with Gasteiger partial charge in [0.2, 0.25) is 5.91 Å². The fourth-order valence-electron chi connectivity index (χ4n) is 3.95. The van der Waals surface area contributed by atoms with Gasteiger partial charge in [0.15, 0.2) is 0 Å². The van der Waals surface area contributed by atoms with Crippen LogP contribution in [0.25, 0.3) is 0 Å². The third-order valence-electron chi connectivity index (χ3n) is 5.65. The van der Waals surface area contributed by atoms with Gasteiger partial charge < -0.3 is 10.2 Å². The largest absolute Gasteiger partial charge is 0.324 e. The van der Waals surface area contributed by atoms with Crippen molar-refractivity contribution in [1.29, 1.82) is 0 Å². The number of halogens is 2. The zero-order valence-electron chi connectivity index (χ0n) is 18.2. The van der Waals surface area contributed by atoms with Gasteiger partial charge in [-0.25, -0.2) is 4.39 Å². The fraction of sp³-hybridized carbons (Fsp3) is 0.231. The lowest BCUT2D eigenvalue weighted by molar-refractivity contribution is -0.117. The molecule has 164 valence electrons. The van der Waals surface area contributed by atoms with E-state index in [1.807, 2.05) is 12.1 Å². The third kappa shape index (κ3) is 4.39. The van der Waals surface area contributed by atoms with Gasteiger partial charge in [0.25, 0.3) is 5.91 Å². The molecule has 0 aliphatic carbocycles. The third-order valence-corrected chi connectivity index (χ3v) is 5.89. The second kappa shape index (κ2) is 8.40. The maximum atomic E-state index is 13.6. The lowest BCUT2D eigenvalue weighted by atomic mass is 9.86. The highest BCUT2D eigenvalue weighted by molar-refractivity contribution is 6.30. The summed E-state index contributed by atoms with van der Waals surface area (Å²) < 4.78 is 13.6. The number of carbonyl (C=O) groups is 2. The van der Waals surface area contributed by atoms with Crippen LogP contribution >= 0.6 is 11.6 Å². The van der Waals surface area contributed by atoms with E-state index in [0.717, 1.165) is 5.56 Å². The van der Waals surface area contributed by atoms with Crippen molar-refractivity contribution >= 4 is 29.1 Å². The predicted octanol–water partition coefficient (Wildman–Crippen LogP) is 5.96. The van der Waals surface area contributed by atoms with E-state index in [-0.39, 0.29) is 29.6 Å². The van der Waals surface area contributed by atoms with E-state index in [2.05, 4.69) is 26.1 Å². The van der Waals surface area contributed by atoms with Crippen LogP contribution in [0.1, 0.15) is 53.9 Å². The van der Waals surface area contributed by atoms with Crippen molar-refractivity contribution in [2.45, 2.75) is 32.2 Å². The highest BCUT2D eigenvalue weighted by Gasteiger charge is 2.34. The zero-order chi connectivity index (χ0) is 23.0. The number of benzene rings is 3. The van der Waals surface area contributed by atoms with Crippen LogP contribution in [0.2, 0.25) is 5.02 Å². The van der Waals surface area contributed by atoms with Crippen molar-refractivity contribution in [2.75, 3.05) is 11.9 Å². The predicted molar refractivity (Wildman–Crippen MR) is 125 cm³/mol. The van der Waals surface area contributed by atoms with E-state index >= 15 is 0 Å². The summed E-state index contributed by atoms with van der Waals surface area (Å²) in [5.41, 5.74) is 3.47. The lowest BCUT2D eigenvalue weighted by Crippen LogP contribution is -2.39. The Morgan fingerprint density at radius 2 is 1.69 bits per heavy atom. The highest BCUT2D eigenvalue weighted by atomic mass is 35.5. The van der Waals surface area contributed by atoms with Crippen LogP contribution in [-0.2, 0) is 10.2 Å². The first kappa shape index (κ1) is 22.0. The molecule has 2 amide bonds. The molecule has 0 saturated heterocycles. The van der Waals surface area contributed by atoms with Crippen molar-refractivity contribution in [3.63, 3.8) is 0 Å². The molecule has 0 unspecified atom stereocenters. The number of nitrogens with zero attached hydrogens (tertiary/aromatic N) is 1. The van der Waals surface area contributed by atoms with E-state index in [1.165, 1.54) is 17.0 Å². The van der Waals surface area contributed by atoms with Gasteiger partial charge in [-0.3, -0.25) is 9.59 Å².